The van der Waals surface area contributed by atoms with Gasteiger partial charge in [0, 0.05) is 6.54 Å². The maximum absolute atomic E-state index is 5.72. The summed E-state index contributed by atoms with van der Waals surface area (Å²) >= 11 is 5.72. The van der Waals surface area contributed by atoms with E-state index in [0.29, 0.717) is 24.8 Å². The average Bonchev–Trinajstić information content (AvgIpc) is 3.18. The van der Waals surface area contributed by atoms with Crippen LogP contribution in [0.5, 0.6) is 5.75 Å². The number of thiocarbonyl (C=S) groups is 1. The molecular weight excluding hydrogens is 356 g/mol. The second kappa shape index (κ2) is 9.24. The van der Waals surface area contributed by atoms with E-state index in [2.05, 4.69) is 41.4 Å². The molecule has 0 bridgehead atoms. The Morgan fingerprint density at radius 1 is 1.04 bits per heavy atom. The number of rotatable bonds is 7. The van der Waals surface area contributed by atoms with E-state index in [4.69, 9.17) is 21.4 Å². The second-order valence-corrected chi connectivity index (χ2v) is 6.67. The molecule has 1 N–H and O–H groups in total. The van der Waals surface area contributed by atoms with Crippen molar-refractivity contribution in [3.8, 4) is 5.75 Å². The highest BCUT2D eigenvalue weighted by Crippen LogP contribution is 2.24. The quantitative estimate of drug-likeness (QED) is 0.557. The first-order valence-electron chi connectivity index (χ1n) is 9.01. The van der Waals surface area contributed by atoms with Gasteiger partial charge in [-0.3, -0.25) is 0 Å². The molecule has 0 unspecified atom stereocenters. The summed E-state index contributed by atoms with van der Waals surface area (Å²) < 4.78 is 11.2. The smallest absolute Gasteiger partial charge is 0.174 e. The lowest BCUT2D eigenvalue weighted by molar-refractivity contribution is 0.341. The maximum Gasteiger partial charge on any atom is 0.174 e. The molecule has 1 heterocycles. The number of hydrogen-bond acceptors (Lipinski definition) is 3. The number of anilines is 1. The fourth-order valence-electron chi connectivity index (χ4n) is 2.75. The highest BCUT2D eigenvalue weighted by molar-refractivity contribution is 7.80. The van der Waals surface area contributed by atoms with E-state index >= 15 is 0 Å². The number of aryl methyl sites for hydroxylation is 1. The predicted molar refractivity (Wildman–Crippen MR) is 113 cm³/mol. The standard InChI is InChI=1S/C22H24N2O2S/c1-3-25-21-9-5-4-8-20(21)23-22(27)24(16-19-7-6-14-26-19)15-18-12-10-17(2)11-13-18/h4-14H,3,15-16H2,1-2H3,(H,23,27). The molecular formula is C22H24N2O2S. The molecule has 0 radical (unpaired) electrons. The number of hydrogen-bond donors (Lipinski definition) is 1. The van der Waals surface area contributed by atoms with Crippen molar-refractivity contribution >= 4 is 23.0 Å². The van der Waals surface area contributed by atoms with Gasteiger partial charge in [-0.2, -0.15) is 0 Å². The largest absolute Gasteiger partial charge is 0.492 e. The topological polar surface area (TPSA) is 37.6 Å². The number of benzene rings is 2. The van der Waals surface area contributed by atoms with Gasteiger partial charge in [-0.25, -0.2) is 0 Å². The van der Waals surface area contributed by atoms with Gasteiger partial charge in [-0.1, -0.05) is 42.0 Å². The van der Waals surface area contributed by atoms with Crippen molar-refractivity contribution in [3.05, 3.63) is 83.8 Å². The zero-order valence-electron chi connectivity index (χ0n) is 15.6. The molecule has 0 spiro atoms. The Balaban J connectivity index is 1.78. The van der Waals surface area contributed by atoms with E-state index in [9.17, 15) is 0 Å². The Morgan fingerprint density at radius 3 is 2.52 bits per heavy atom. The van der Waals surface area contributed by atoms with Crippen LogP contribution in [0.2, 0.25) is 0 Å². The fourth-order valence-corrected chi connectivity index (χ4v) is 2.99. The zero-order chi connectivity index (χ0) is 19.1. The first-order valence-corrected chi connectivity index (χ1v) is 9.42. The number of ether oxygens (including phenoxy) is 1. The molecule has 0 aliphatic rings. The van der Waals surface area contributed by atoms with Gasteiger partial charge in [0.25, 0.3) is 0 Å². The molecule has 27 heavy (non-hydrogen) atoms. The minimum Gasteiger partial charge on any atom is -0.492 e. The maximum atomic E-state index is 5.72. The summed E-state index contributed by atoms with van der Waals surface area (Å²) in [5.41, 5.74) is 3.29. The summed E-state index contributed by atoms with van der Waals surface area (Å²) in [7, 11) is 0. The van der Waals surface area contributed by atoms with Crippen LogP contribution in [0.3, 0.4) is 0 Å². The van der Waals surface area contributed by atoms with Crippen molar-refractivity contribution in [1.29, 1.82) is 0 Å². The van der Waals surface area contributed by atoms with Crippen LogP contribution in [0.25, 0.3) is 0 Å². The lowest BCUT2D eigenvalue weighted by Crippen LogP contribution is -2.33. The second-order valence-electron chi connectivity index (χ2n) is 6.28. The van der Waals surface area contributed by atoms with Crippen molar-refractivity contribution in [2.75, 3.05) is 11.9 Å². The number of para-hydroxylation sites is 2. The number of nitrogens with zero attached hydrogens (tertiary/aromatic N) is 1. The van der Waals surface area contributed by atoms with Crippen LogP contribution in [0.4, 0.5) is 5.69 Å². The van der Waals surface area contributed by atoms with Gasteiger partial charge in [-0.05, 0) is 55.9 Å². The molecule has 2 aromatic carbocycles. The van der Waals surface area contributed by atoms with Gasteiger partial charge in [0.1, 0.15) is 11.5 Å². The van der Waals surface area contributed by atoms with Gasteiger partial charge < -0.3 is 19.4 Å². The summed E-state index contributed by atoms with van der Waals surface area (Å²) in [4.78, 5) is 2.08. The molecule has 4 nitrogen and oxygen atoms in total. The van der Waals surface area contributed by atoms with Crippen LogP contribution in [0.1, 0.15) is 23.8 Å². The molecule has 1 aromatic heterocycles. The molecule has 3 aromatic rings. The molecule has 0 atom stereocenters. The van der Waals surface area contributed by atoms with Crippen LogP contribution in [0, 0.1) is 6.92 Å². The Bertz CT molecular complexity index is 860. The van der Waals surface area contributed by atoms with E-state index in [0.717, 1.165) is 17.2 Å². The minimum atomic E-state index is 0.587. The van der Waals surface area contributed by atoms with Crippen molar-refractivity contribution < 1.29 is 9.15 Å². The Labute approximate surface area is 165 Å². The van der Waals surface area contributed by atoms with Crippen LogP contribution >= 0.6 is 12.2 Å². The van der Waals surface area contributed by atoms with E-state index in [1.165, 1.54) is 11.1 Å². The number of furan rings is 1. The lowest BCUT2D eigenvalue weighted by atomic mass is 10.1. The minimum absolute atomic E-state index is 0.587. The van der Waals surface area contributed by atoms with E-state index in [1.807, 2.05) is 43.3 Å². The van der Waals surface area contributed by atoms with E-state index in [1.54, 1.807) is 6.26 Å². The molecule has 0 saturated heterocycles. The van der Waals surface area contributed by atoms with Crippen LogP contribution in [0.15, 0.2) is 71.3 Å². The monoisotopic (exact) mass is 380 g/mol. The molecule has 0 aliphatic carbocycles. The molecule has 0 amide bonds. The van der Waals surface area contributed by atoms with Gasteiger partial charge in [0.2, 0.25) is 0 Å². The van der Waals surface area contributed by atoms with Gasteiger partial charge in [0.05, 0.1) is 25.1 Å². The van der Waals surface area contributed by atoms with Crippen LogP contribution in [-0.2, 0) is 13.1 Å². The highest BCUT2D eigenvalue weighted by atomic mass is 32.1. The Morgan fingerprint density at radius 2 is 1.81 bits per heavy atom. The van der Waals surface area contributed by atoms with E-state index < -0.39 is 0 Å². The van der Waals surface area contributed by atoms with Crippen molar-refractivity contribution in [3.63, 3.8) is 0 Å². The highest BCUT2D eigenvalue weighted by Gasteiger charge is 2.14. The Kier molecular flexibility index (Phi) is 6.49. The Hall–Kier alpha value is -2.79. The van der Waals surface area contributed by atoms with Gasteiger partial charge in [0.15, 0.2) is 5.11 Å². The first-order chi connectivity index (χ1) is 13.2. The average molecular weight is 381 g/mol. The molecule has 3 rings (SSSR count). The van der Waals surface area contributed by atoms with Crippen molar-refractivity contribution in [2.45, 2.75) is 26.9 Å². The third kappa shape index (κ3) is 5.34. The van der Waals surface area contributed by atoms with Gasteiger partial charge in [-0.15, -0.1) is 0 Å². The summed E-state index contributed by atoms with van der Waals surface area (Å²) in [6.07, 6.45) is 1.68. The lowest BCUT2D eigenvalue weighted by Gasteiger charge is -2.26. The van der Waals surface area contributed by atoms with Crippen molar-refractivity contribution in [2.24, 2.45) is 0 Å². The summed E-state index contributed by atoms with van der Waals surface area (Å²) in [5.74, 6) is 1.65. The third-order valence-electron chi connectivity index (χ3n) is 4.14. The fraction of sp³-hybridized carbons (Fsp3) is 0.227. The first kappa shape index (κ1) is 19.0. The third-order valence-corrected chi connectivity index (χ3v) is 4.50. The van der Waals surface area contributed by atoms with Crippen LogP contribution < -0.4 is 10.1 Å². The molecule has 0 fully saturated rings. The van der Waals surface area contributed by atoms with Crippen molar-refractivity contribution in [1.82, 2.24) is 4.90 Å². The van der Waals surface area contributed by atoms with Crippen LogP contribution in [-0.4, -0.2) is 16.6 Å². The predicted octanol–water partition coefficient (Wildman–Crippen LogP) is 5.39. The summed E-state index contributed by atoms with van der Waals surface area (Å²) in [6, 6.07) is 20.1. The summed E-state index contributed by atoms with van der Waals surface area (Å²) in [5, 5.41) is 3.95. The van der Waals surface area contributed by atoms with E-state index in [-0.39, 0.29) is 0 Å². The molecule has 0 aliphatic heterocycles. The summed E-state index contributed by atoms with van der Waals surface area (Å²) in [6.45, 7) is 5.93. The van der Waals surface area contributed by atoms with Gasteiger partial charge >= 0.3 is 0 Å². The molecule has 140 valence electrons. The molecule has 0 saturated carbocycles. The number of nitrogens with one attached hydrogen (secondary N) is 1. The SMILES string of the molecule is CCOc1ccccc1NC(=S)N(Cc1ccc(C)cc1)Cc1ccco1. The molecule has 5 heteroatoms. The normalized spacial score (nSPS) is 10.4. The zero-order valence-corrected chi connectivity index (χ0v) is 16.5.